The first kappa shape index (κ1) is 23.7. The average Bonchev–Trinajstić information content (AvgIpc) is 2.82. The van der Waals surface area contributed by atoms with E-state index >= 15 is 0 Å². The molecular formula is C28H21F5O. The SMILES string of the molecule is C=CC1CCC(/C=C/c2ccc(-c3ccc4c(F)c(C#CC(F)(F)F)c(F)cc4c3)cc2)OC1. The molecule has 1 aliphatic heterocycles. The van der Waals surface area contributed by atoms with Crippen LogP contribution in [0, 0.1) is 29.4 Å². The van der Waals surface area contributed by atoms with Gasteiger partial charge >= 0.3 is 6.18 Å². The van der Waals surface area contributed by atoms with Gasteiger partial charge in [0, 0.05) is 17.2 Å². The standard InChI is InChI=1S/C28H21F5O/c1-2-18-5-10-23(34-17-18)11-6-19-3-7-20(8-4-19)21-9-12-24-22(15-21)16-26(29)25(27(24)30)13-14-28(31,32)33/h2-4,6-9,11-12,15-16,18,23H,1,5,10,17H2/b11-6+. The van der Waals surface area contributed by atoms with Crippen LogP contribution in [0.5, 0.6) is 0 Å². The summed E-state index contributed by atoms with van der Waals surface area (Å²) in [5.74, 6) is 0.643. The summed E-state index contributed by atoms with van der Waals surface area (Å²) in [4.78, 5) is 0. The van der Waals surface area contributed by atoms with E-state index in [4.69, 9.17) is 4.74 Å². The predicted molar refractivity (Wildman–Crippen MR) is 124 cm³/mol. The number of rotatable bonds is 4. The van der Waals surface area contributed by atoms with Crippen molar-refractivity contribution in [3.63, 3.8) is 0 Å². The minimum Gasteiger partial charge on any atom is -0.374 e. The van der Waals surface area contributed by atoms with E-state index < -0.39 is 23.4 Å². The number of fused-ring (bicyclic) bond motifs is 1. The predicted octanol–water partition coefficient (Wildman–Crippen LogP) is 7.69. The Morgan fingerprint density at radius 3 is 2.35 bits per heavy atom. The van der Waals surface area contributed by atoms with Crippen molar-refractivity contribution in [3.05, 3.63) is 90.0 Å². The van der Waals surface area contributed by atoms with Gasteiger partial charge in [-0.2, -0.15) is 13.2 Å². The number of ether oxygens (including phenoxy) is 1. The molecule has 0 aromatic heterocycles. The first-order valence-corrected chi connectivity index (χ1v) is 10.8. The number of hydrogen-bond donors (Lipinski definition) is 0. The van der Waals surface area contributed by atoms with E-state index in [1.165, 1.54) is 6.07 Å². The maximum atomic E-state index is 14.6. The van der Waals surface area contributed by atoms with Crippen LogP contribution in [0.2, 0.25) is 0 Å². The van der Waals surface area contributed by atoms with Crippen molar-refractivity contribution in [2.24, 2.45) is 5.92 Å². The van der Waals surface area contributed by atoms with Crippen LogP contribution in [0.1, 0.15) is 24.0 Å². The summed E-state index contributed by atoms with van der Waals surface area (Å²) in [7, 11) is 0. The summed E-state index contributed by atoms with van der Waals surface area (Å²) >= 11 is 0. The van der Waals surface area contributed by atoms with Gasteiger partial charge in [0.25, 0.3) is 0 Å². The van der Waals surface area contributed by atoms with Crippen molar-refractivity contribution in [3.8, 4) is 23.0 Å². The van der Waals surface area contributed by atoms with Gasteiger partial charge < -0.3 is 4.74 Å². The van der Waals surface area contributed by atoms with Gasteiger partial charge in [-0.25, -0.2) is 8.78 Å². The Bertz CT molecular complexity index is 1280. The van der Waals surface area contributed by atoms with Crippen LogP contribution in [-0.2, 0) is 4.74 Å². The van der Waals surface area contributed by atoms with Crippen LogP contribution in [0.3, 0.4) is 0 Å². The third-order valence-corrected chi connectivity index (χ3v) is 5.78. The van der Waals surface area contributed by atoms with E-state index in [2.05, 4.69) is 6.58 Å². The van der Waals surface area contributed by atoms with Crippen molar-refractivity contribution >= 4 is 16.8 Å². The summed E-state index contributed by atoms with van der Waals surface area (Å²) in [6, 6.07) is 13.3. The van der Waals surface area contributed by atoms with Crippen LogP contribution in [-0.4, -0.2) is 18.9 Å². The zero-order chi connectivity index (χ0) is 24.3. The molecule has 0 radical (unpaired) electrons. The fourth-order valence-electron chi connectivity index (χ4n) is 3.89. The molecule has 1 heterocycles. The molecule has 3 aromatic rings. The number of alkyl halides is 3. The molecular weight excluding hydrogens is 447 g/mol. The molecule has 34 heavy (non-hydrogen) atoms. The lowest BCUT2D eigenvalue weighted by Crippen LogP contribution is -2.22. The van der Waals surface area contributed by atoms with Crippen LogP contribution in [0.25, 0.3) is 28.0 Å². The topological polar surface area (TPSA) is 9.23 Å². The molecule has 1 aliphatic rings. The normalized spacial score (nSPS) is 18.6. The monoisotopic (exact) mass is 468 g/mol. The second kappa shape index (κ2) is 9.82. The molecule has 0 spiro atoms. The minimum absolute atomic E-state index is 0.00218. The molecule has 0 saturated carbocycles. The van der Waals surface area contributed by atoms with E-state index in [-0.39, 0.29) is 16.9 Å². The van der Waals surface area contributed by atoms with Gasteiger partial charge in [-0.15, -0.1) is 6.58 Å². The van der Waals surface area contributed by atoms with E-state index in [9.17, 15) is 22.0 Å². The molecule has 174 valence electrons. The van der Waals surface area contributed by atoms with Crippen molar-refractivity contribution in [2.75, 3.05) is 6.61 Å². The van der Waals surface area contributed by atoms with Gasteiger partial charge in [-0.05, 0) is 47.1 Å². The highest BCUT2D eigenvalue weighted by atomic mass is 19.4. The second-order valence-corrected chi connectivity index (χ2v) is 8.16. The Hall–Kier alpha value is -3.43. The molecule has 0 aliphatic carbocycles. The molecule has 0 bridgehead atoms. The van der Waals surface area contributed by atoms with E-state index in [0.29, 0.717) is 12.5 Å². The summed E-state index contributed by atoms with van der Waals surface area (Å²) in [5, 5.41) is 0.239. The number of hydrogen-bond acceptors (Lipinski definition) is 1. The van der Waals surface area contributed by atoms with E-state index in [1.807, 2.05) is 42.5 Å². The molecule has 2 unspecified atom stereocenters. The smallest absolute Gasteiger partial charge is 0.374 e. The van der Waals surface area contributed by atoms with Crippen LogP contribution >= 0.6 is 0 Å². The third kappa shape index (κ3) is 5.55. The van der Waals surface area contributed by atoms with Crippen LogP contribution < -0.4 is 0 Å². The lowest BCUT2D eigenvalue weighted by atomic mass is 9.97. The average molecular weight is 468 g/mol. The summed E-state index contributed by atoms with van der Waals surface area (Å²) in [6.07, 6.45) is 3.20. The first-order chi connectivity index (χ1) is 16.2. The molecule has 1 saturated heterocycles. The highest BCUT2D eigenvalue weighted by Gasteiger charge is 2.24. The van der Waals surface area contributed by atoms with Gasteiger partial charge in [-0.1, -0.05) is 60.5 Å². The van der Waals surface area contributed by atoms with E-state index in [0.717, 1.165) is 41.5 Å². The lowest BCUT2D eigenvalue weighted by Gasteiger charge is -2.25. The quantitative estimate of drug-likeness (QED) is 0.217. The van der Waals surface area contributed by atoms with Crippen molar-refractivity contribution < 1.29 is 26.7 Å². The van der Waals surface area contributed by atoms with Gasteiger partial charge in [0.2, 0.25) is 0 Å². The first-order valence-electron chi connectivity index (χ1n) is 10.8. The van der Waals surface area contributed by atoms with Gasteiger partial charge in [0.05, 0.1) is 18.3 Å². The molecule has 2 atom stereocenters. The fourth-order valence-corrected chi connectivity index (χ4v) is 3.89. The molecule has 0 N–H and O–H groups in total. The van der Waals surface area contributed by atoms with Crippen molar-refractivity contribution in [1.82, 2.24) is 0 Å². The minimum atomic E-state index is -4.84. The highest BCUT2D eigenvalue weighted by Crippen LogP contribution is 2.29. The largest absolute Gasteiger partial charge is 0.458 e. The molecule has 0 amide bonds. The Morgan fingerprint density at radius 1 is 0.971 bits per heavy atom. The van der Waals surface area contributed by atoms with Crippen molar-refractivity contribution in [2.45, 2.75) is 25.1 Å². The Morgan fingerprint density at radius 2 is 1.71 bits per heavy atom. The number of halogens is 5. The van der Waals surface area contributed by atoms with Gasteiger partial charge in [0.15, 0.2) is 0 Å². The lowest BCUT2D eigenvalue weighted by molar-refractivity contribution is -0.0696. The maximum absolute atomic E-state index is 14.6. The summed E-state index contributed by atoms with van der Waals surface area (Å²) in [5.41, 5.74) is 1.66. The van der Waals surface area contributed by atoms with Gasteiger partial charge in [-0.3, -0.25) is 0 Å². The Labute approximate surface area is 194 Å². The molecule has 4 rings (SSSR count). The highest BCUT2D eigenvalue weighted by molar-refractivity contribution is 5.89. The third-order valence-electron chi connectivity index (χ3n) is 5.78. The second-order valence-electron chi connectivity index (χ2n) is 8.16. The molecule has 1 nitrogen and oxygen atoms in total. The Balaban J connectivity index is 1.54. The molecule has 6 heteroatoms. The molecule has 1 fully saturated rings. The maximum Gasteiger partial charge on any atom is 0.458 e. The molecule has 3 aromatic carbocycles. The number of benzene rings is 3. The Kier molecular flexibility index (Phi) is 6.85. The zero-order valence-electron chi connectivity index (χ0n) is 18.1. The summed E-state index contributed by atoms with van der Waals surface area (Å²) in [6.45, 7) is 4.48. The van der Waals surface area contributed by atoms with Crippen molar-refractivity contribution in [1.29, 1.82) is 0 Å². The summed E-state index contributed by atoms with van der Waals surface area (Å²) < 4.78 is 71.7. The van der Waals surface area contributed by atoms with Crippen LogP contribution in [0.15, 0.2) is 67.3 Å². The van der Waals surface area contributed by atoms with Gasteiger partial charge in [0.1, 0.15) is 11.6 Å². The zero-order valence-corrected chi connectivity index (χ0v) is 18.1. The van der Waals surface area contributed by atoms with Crippen LogP contribution in [0.4, 0.5) is 22.0 Å². The fraction of sp³-hybridized carbons (Fsp3) is 0.214. The van der Waals surface area contributed by atoms with E-state index in [1.54, 1.807) is 18.1 Å².